The Hall–Kier alpha value is -1.45. The Kier molecular flexibility index (Phi) is 4.88. The molecule has 2 nitrogen and oxygen atoms in total. The lowest BCUT2D eigenvalue weighted by molar-refractivity contribution is 0.628. The smallest absolute Gasteiger partial charge is 0.124 e. The highest BCUT2D eigenvalue weighted by atomic mass is 35.5. The van der Waals surface area contributed by atoms with Gasteiger partial charge >= 0.3 is 0 Å². The lowest BCUT2D eigenvalue weighted by Gasteiger charge is -2.07. The maximum atomic E-state index is 13.0. The lowest BCUT2D eigenvalue weighted by Crippen LogP contribution is -2.13. The van der Waals surface area contributed by atoms with Crippen molar-refractivity contribution in [2.75, 3.05) is 6.54 Å². The van der Waals surface area contributed by atoms with E-state index in [-0.39, 0.29) is 5.82 Å². The highest BCUT2D eigenvalue weighted by Gasteiger charge is 2.06. The fraction of sp³-hybridized carbons (Fsp3) is 0.267. The number of rotatable bonds is 5. The molecule has 1 N–H and O–H groups in total. The Bertz CT molecular complexity index is 558. The molecule has 2 aromatic rings. The van der Waals surface area contributed by atoms with Crippen LogP contribution in [0.4, 0.5) is 4.39 Å². The van der Waals surface area contributed by atoms with Gasteiger partial charge in [0.2, 0.25) is 0 Å². The molecular formula is C15H16ClFN2. The zero-order valence-electron chi connectivity index (χ0n) is 10.8. The number of benzene rings is 1. The summed E-state index contributed by atoms with van der Waals surface area (Å²) in [5.74, 6) is -0.331. The number of pyridine rings is 1. The van der Waals surface area contributed by atoms with Crippen LogP contribution in [-0.4, -0.2) is 11.5 Å². The number of halogens is 2. The number of hydrogen-bond donors (Lipinski definition) is 1. The van der Waals surface area contributed by atoms with Crippen LogP contribution in [0.15, 0.2) is 36.7 Å². The number of hydrogen-bond acceptors (Lipinski definition) is 2. The summed E-state index contributed by atoms with van der Waals surface area (Å²) in [6.45, 7) is 3.87. The molecule has 0 fully saturated rings. The van der Waals surface area contributed by atoms with E-state index in [1.165, 1.54) is 12.1 Å². The van der Waals surface area contributed by atoms with Crippen LogP contribution in [-0.2, 0) is 6.54 Å². The minimum atomic E-state index is -0.331. The summed E-state index contributed by atoms with van der Waals surface area (Å²) < 4.78 is 13.0. The molecule has 1 heterocycles. The zero-order valence-corrected chi connectivity index (χ0v) is 11.5. The van der Waals surface area contributed by atoms with Crippen molar-refractivity contribution in [1.29, 1.82) is 0 Å². The van der Waals surface area contributed by atoms with Gasteiger partial charge in [-0.05, 0) is 42.8 Å². The van der Waals surface area contributed by atoms with Crippen molar-refractivity contribution in [2.24, 2.45) is 0 Å². The molecule has 19 heavy (non-hydrogen) atoms. The van der Waals surface area contributed by atoms with Crippen LogP contribution < -0.4 is 5.32 Å². The Morgan fingerprint density at radius 3 is 2.84 bits per heavy atom. The van der Waals surface area contributed by atoms with Gasteiger partial charge in [0, 0.05) is 30.1 Å². The molecule has 0 spiro atoms. The fourth-order valence-corrected chi connectivity index (χ4v) is 2.14. The average Bonchev–Trinajstić information content (AvgIpc) is 2.39. The molecule has 0 radical (unpaired) electrons. The van der Waals surface area contributed by atoms with Crippen molar-refractivity contribution in [3.8, 4) is 11.1 Å². The summed E-state index contributed by atoms with van der Waals surface area (Å²) in [4.78, 5) is 4.21. The highest BCUT2D eigenvalue weighted by molar-refractivity contribution is 6.33. The predicted octanol–water partition coefficient (Wildman–Crippen LogP) is 4.04. The van der Waals surface area contributed by atoms with Gasteiger partial charge in [-0.3, -0.25) is 4.98 Å². The van der Waals surface area contributed by atoms with E-state index >= 15 is 0 Å². The van der Waals surface area contributed by atoms with Crippen molar-refractivity contribution in [1.82, 2.24) is 10.3 Å². The molecule has 0 amide bonds. The van der Waals surface area contributed by atoms with E-state index in [9.17, 15) is 4.39 Å². The maximum Gasteiger partial charge on any atom is 0.124 e. The third-order valence-corrected chi connectivity index (χ3v) is 3.11. The monoisotopic (exact) mass is 278 g/mol. The molecular weight excluding hydrogens is 263 g/mol. The standard InChI is InChI=1S/C15H16ClFN2/c1-2-5-18-8-11-6-12(10-19-9-11)14-4-3-13(17)7-15(14)16/h3-4,6-7,9-10,18H,2,5,8H2,1H3. The van der Waals surface area contributed by atoms with Gasteiger partial charge in [-0.25, -0.2) is 4.39 Å². The first-order valence-electron chi connectivity index (χ1n) is 6.30. The van der Waals surface area contributed by atoms with Crippen LogP contribution in [0.3, 0.4) is 0 Å². The molecule has 0 atom stereocenters. The Labute approximate surface area is 117 Å². The van der Waals surface area contributed by atoms with Crippen LogP contribution in [0.2, 0.25) is 5.02 Å². The van der Waals surface area contributed by atoms with Crippen LogP contribution >= 0.6 is 11.6 Å². The van der Waals surface area contributed by atoms with E-state index in [1.54, 1.807) is 12.3 Å². The SMILES string of the molecule is CCCNCc1cncc(-c2ccc(F)cc2Cl)c1. The van der Waals surface area contributed by atoms with E-state index in [0.717, 1.165) is 36.2 Å². The molecule has 0 saturated heterocycles. The Morgan fingerprint density at radius 2 is 2.11 bits per heavy atom. The summed E-state index contributed by atoms with van der Waals surface area (Å²) in [5.41, 5.74) is 2.79. The van der Waals surface area contributed by atoms with E-state index in [0.29, 0.717) is 5.02 Å². The fourth-order valence-electron chi connectivity index (χ4n) is 1.86. The molecule has 2 rings (SSSR count). The highest BCUT2D eigenvalue weighted by Crippen LogP contribution is 2.28. The van der Waals surface area contributed by atoms with E-state index in [4.69, 9.17) is 11.6 Å². The number of nitrogens with one attached hydrogen (secondary N) is 1. The minimum Gasteiger partial charge on any atom is -0.313 e. The minimum absolute atomic E-state index is 0.331. The molecule has 0 aliphatic heterocycles. The van der Waals surface area contributed by atoms with Crippen LogP contribution in [0.25, 0.3) is 11.1 Å². The van der Waals surface area contributed by atoms with E-state index in [1.807, 2.05) is 12.3 Å². The van der Waals surface area contributed by atoms with Crippen LogP contribution in [0.5, 0.6) is 0 Å². The van der Waals surface area contributed by atoms with Crippen molar-refractivity contribution < 1.29 is 4.39 Å². The Balaban J connectivity index is 2.22. The van der Waals surface area contributed by atoms with Gasteiger partial charge in [0.05, 0.1) is 5.02 Å². The van der Waals surface area contributed by atoms with Gasteiger partial charge in [-0.2, -0.15) is 0 Å². The first-order chi connectivity index (χ1) is 9.20. The topological polar surface area (TPSA) is 24.9 Å². The molecule has 100 valence electrons. The van der Waals surface area contributed by atoms with Crippen molar-refractivity contribution in [3.63, 3.8) is 0 Å². The lowest BCUT2D eigenvalue weighted by atomic mass is 10.1. The normalized spacial score (nSPS) is 10.7. The van der Waals surface area contributed by atoms with Gasteiger partial charge in [-0.1, -0.05) is 18.5 Å². The second kappa shape index (κ2) is 6.64. The molecule has 0 saturated carbocycles. The molecule has 0 unspecified atom stereocenters. The second-order valence-electron chi connectivity index (χ2n) is 4.38. The summed E-state index contributed by atoms with van der Waals surface area (Å²) in [6, 6.07) is 6.43. The van der Waals surface area contributed by atoms with Gasteiger partial charge in [0.25, 0.3) is 0 Å². The molecule has 0 aliphatic carbocycles. The van der Waals surface area contributed by atoms with E-state index < -0.39 is 0 Å². The van der Waals surface area contributed by atoms with Gasteiger partial charge < -0.3 is 5.32 Å². The second-order valence-corrected chi connectivity index (χ2v) is 4.79. The zero-order chi connectivity index (χ0) is 13.7. The largest absolute Gasteiger partial charge is 0.313 e. The number of nitrogens with zero attached hydrogens (tertiary/aromatic N) is 1. The average molecular weight is 279 g/mol. The summed E-state index contributed by atoms with van der Waals surface area (Å²) in [5, 5.41) is 3.72. The quantitative estimate of drug-likeness (QED) is 0.835. The first-order valence-corrected chi connectivity index (χ1v) is 6.68. The van der Waals surface area contributed by atoms with Crippen molar-refractivity contribution in [2.45, 2.75) is 19.9 Å². The molecule has 0 aliphatic rings. The van der Waals surface area contributed by atoms with Crippen molar-refractivity contribution >= 4 is 11.6 Å². The van der Waals surface area contributed by atoms with E-state index in [2.05, 4.69) is 17.2 Å². The Morgan fingerprint density at radius 1 is 1.26 bits per heavy atom. The third-order valence-electron chi connectivity index (χ3n) is 2.79. The molecule has 1 aromatic carbocycles. The molecule has 4 heteroatoms. The van der Waals surface area contributed by atoms with Crippen LogP contribution in [0.1, 0.15) is 18.9 Å². The van der Waals surface area contributed by atoms with Gasteiger partial charge in [0.15, 0.2) is 0 Å². The third kappa shape index (κ3) is 3.75. The maximum absolute atomic E-state index is 13.0. The number of aromatic nitrogens is 1. The van der Waals surface area contributed by atoms with Crippen molar-refractivity contribution in [3.05, 3.63) is 53.1 Å². The molecule has 1 aromatic heterocycles. The van der Waals surface area contributed by atoms with Crippen LogP contribution in [0, 0.1) is 5.82 Å². The predicted molar refractivity (Wildman–Crippen MR) is 76.6 cm³/mol. The summed E-state index contributed by atoms with van der Waals surface area (Å²) >= 11 is 6.06. The first kappa shape index (κ1) is 14.0. The summed E-state index contributed by atoms with van der Waals surface area (Å²) in [6.07, 6.45) is 4.66. The molecule has 0 bridgehead atoms. The van der Waals surface area contributed by atoms with Gasteiger partial charge in [0.1, 0.15) is 5.82 Å². The van der Waals surface area contributed by atoms with Gasteiger partial charge in [-0.15, -0.1) is 0 Å². The summed E-state index contributed by atoms with van der Waals surface area (Å²) in [7, 11) is 0.